The maximum Gasteiger partial charge on any atom is 0.128 e. The molecule has 0 amide bonds. The Kier molecular flexibility index (Phi) is 4.00. The second kappa shape index (κ2) is 5.34. The topological polar surface area (TPSA) is 38.5 Å². The fraction of sp³-hybridized carbons (Fsp3) is 0.571. The average molecular weight is 252 g/mol. The van der Waals surface area contributed by atoms with E-state index in [1.165, 1.54) is 6.07 Å². The van der Waals surface area contributed by atoms with E-state index in [0.717, 1.165) is 24.2 Å². The highest BCUT2D eigenvalue weighted by Gasteiger charge is 2.28. The predicted octanol–water partition coefficient (Wildman–Crippen LogP) is 1.77. The van der Waals surface area contributed by atoms with E-state index in [9.17, 15) is 4.39 Å². The fourth-order valence-corrected chi connectivity index (χ4v) is 2.56. The summed E-state index contributed by atoms with van der Waals surface area (Å²) in [7, 11) is 2.03. The second-order valence-electron chi connectivity index (χ2n) is 5.17. The number of nitrogens with zero attached hydrogens (tertiary/aromatic N) is 1. The summed E-state index contributed by atoms with van der Waals surface area (Å²) in [6.45, 7) is 6.09. The summed E-state index contributed by atoms with van der Waals surface area (Å²) in [5.41, 5.74) is 8.60. The summed E-state index contributed by atoms with van der Waals surface area (Å²) in [5.74, 6) is -0.225. The highest BCUT2D eigenvalue weighted by Crippen LogP contribution is 2.26. The van der Waals surface area contributed by atoms with Gasteiger partial charge in [-0.2, -0.15) is 0 Å². The van der Waals surface area contributed by atoms with Crippen LogP contribution < -0.4 is 5.73 Å². The van der Waals surface area contributed by atoms with E-state index in [1.807, 2.05) is 27.0 Å². The largest absolute Gasteiger partial charge is 0.374 e. The van der Waals surface area contributed by atoms with Gasteiger partial charge in [0.25, 0.3) is 0 Å². The summed E-state index contributed by atoms with van der Waals surface area (Å²) in [4.78, 5) is 2.16. The first-order chi connectivity index (χ1) is 8.49. The van der Waals surface area contributed by atoms with Crippen molar-refractivity contribution in [2.24, 2.45) is 5.73 Å². The first kappa shape index (κ1) is 13.5. The van der Waals surface area contributed by atoms with Gasteiger partial charge in [-0.05, 0) is 38.1 Å². The van der Waals surface area contributed by atoms with E-state index < -0.39 is 6.04 Å². The van der Waals surface area contributed by atoms with Crippen LogP contribution in [-0.2, 0) is 4.74 Å². The molecular weight excluding hydrogens is 231 g/mol. The maximum atomic E-state index is 14.1. The van der Waals surface area contributed by atoms with Gasteiger partial charge < -0.3 is 15.4 Å². The van der Waals surface area contributed by atoms with Crippen molar-refractivity contribution >= 4 is 0 Å². The van der Waals surface area contributed by atoms with E-state index in [2.05, 4.69) is 4.90 Å². The number of ether oxygens (including phenoxy) is 1. The van der Waals surface area contributed by atoms with Crippen LogP contribution in [0.3, 0.4) is 0 Å². The molecule has 3 nitrogen and oxygen atoms in total. The molecule has 1 heterocycles. The standard InChI is InChI=1S/C14H21FN2O/c1-9-6-10(2)13(11(15)7-9)14(16)12-8-17(3)4-5-18-12/h6-7,12,14H,4-5,8,16H2,1-3H3. The van der Waals surface area contributed by atoms with Gasteiger partial charge in [0.2, 0.25) is 0 Å². The number of likely N-dealkylation sites (N-methyl/N-ethyl adjacent to an activating group) is 1. The van der Waals surface area contributed by atoms with Gasteiger partial charge >= 0.3 is 0 Å². The summed E-state index contributed by atoms with van der Waals surface area (Å²) >= 11 is 0. The van der Waals surface area contributed by atoms with Crippen molar-refractivity contribution in [3.63, 3.8) is 0 Å². The molecule has 4 heteroatoms. The van der Waals surface area contributed by atoms with Crippen molar-refractivity contribution in [2.75, 3.05) is 26.7 Å². The van der Waals surface area contributed by atoms with E-state index in [4.69, 9.17) is 10.5 Å². The van der Waals surface area contributed by atoms with Crippen LogP contribution >= 0.6 is 0 Å². The van der Waals surface area contributed by atoms with Crippen molar-refractivity contribution in [1.82, 2.24) is 4.90 Å². The van der Waals surface area contributed by atoms with E-state index in [-0.39, 0.29) is 11.9 Å². The van der Waals surface area contributed by atoms with Gasteiger partial charge in [0.15, 0.2) is 0 Å². The minimum absolute atomic E-state index is 0.139. The number of morpholine rings is 1. The van der Waals surface area contributed by atoms with Crippen LogP contribution in [0.15, 0.2) is 12.1 Å². The smallest absolute Gasteiger partial charge is 0.128 e. The molecule has 18 heavy (non-hydrogen) atoms. The molecule has 2 unspecified atom stereocenters. The summed E-state index contributed by atoms with van der Waals surface area (Å²) in [5, 5.41) is 0. The summed E-state index contributed by atoms with van der Waals surface area (Å²) in [6.07, 6.45) is -0.139. The molecule has 100 valence electrons. The molecule has 0 aliphatic carbocycles. The predicted molar refractivity (Wildman–Crippen MR) is 70.0 cm³/mol. The lowest BCUT2D eigenvalue weighted by Gasteiger charge is -2.34. The molecule has 0 bridgehead atoms. The van der Waals surface area contributed by atoms with Crippen LogP contribution in [0.25, 0.3) is 0 Å². The third kappa shape index (κ3) is 2.71. The third-order valence-corrected chi connectivity index (χ3v) is 3.51. The number of hydrogen-bond acceptors (Lipinski definition) is 3. The monoisotopic (exact) mass is 252 g/mol. The zero-order valence-corrected chi connectivity index (χ0v) is 11.2. The Morgan fingerprint density at radius 1 is 1.44 bits per heavy atom. The van der Waals surface area contributed by atoms with Gasteiger partial charge in [0, 0.05) is 18.7 Å². The molecule has 1 aliphatic rings. The lowest BCUT2D eigenvalue weighted by Crippen LogP contribution is -2.45. The Morgan fingerprint density at radius 2 is 2.17 bits per heavy atom. The first-order valence-electron chi connectivity index (χ1n) is 6.31. The van der Waals surface area contributed by atoms with Crippen molar-refractivity contribution in [1.29, 1.82) is 0 Å². The van der Waals surface area contributed by atoms with Crippen LogP contribution in [-0.4, -0.2) is 37.7 Å². The van der Waals surface area contributed by atoms with Gasteiger partial charge in [0.1, 0.15) is 5.82 Å². The lowest BCUT2D eigenvalue weighted by atomic mass is 9.94. The molecule has 0 saturated carbocycles. The lowest BCUT2D eigenvalue weighted by molar-refractivity contribution is -0.0332. The Bertz CT molecular complexity index is 413. The Morgan fingerprint density at radius 3 is 2.78 bits per heavy atom. The van der Waals surface area contributed by atoms with Crippen molar-refractivity contribution in [3.05, 3.63) is 34.6 Å². The van der Waals surface area contributed by atoms with Gasteiger partial charge in [-0.15, -0.1) is 0 Å². The molecule has 0 radical (unpaired) electrons. The van der Waals surface area contributed by atoms with E-state index in [0.29, 0.717) is 12.2 Å². The number of hydrogen-bond donors (Lipinski definition) is 1. The average Bonchev–Trinajstić information content (AvgIpc) is 2.27. The molecule has 2 rings (SSSR count). The number of rotatable bonds is 2. The summed E-state index contributed by atoms with van der Waals surface area (Å²) in [6, 6.07) is 3.09. The number of nitrogens with two attached hydrogens (primary N) is 1. The fourth-order valence-electron chi connectivity index (χ4n) is 2.56. The van der Waals surface area contributed by atoms with Crippen molar-refractivity contribution < 1.29 is 9.13 Å². The SMILES string of the molecule is Cc1cc(C)c(C(N)C2CN(C)CCO2)c(F)c1. The van der Waals surface area contributed by atoms with E-state index in [1.54, 1.807) is 0 Å². The van der Waals surface area contributed by atoms with Gasteiger partial charge in [-0.1, -0.05) is 6.07 Å². The van der Waals surface area contributed by atoms with Crippen LogP contribution in [0, 0.1) is 19.7 Å². The zero-order valence-electron chi connectivity index (χ0n) is 11.2. The maximum absolute atomic E-state index is 14.1. The Hall–Kier alpha value is -0.970. The Labute approximate surface area is 108 Å². The van der Waals surface area contributed by atoms with Gasteiger partial charge in [-0.3, -0.25) is 0 Å². The molecule has 1 saturated heterocycles. The molecule has 1 aromatic rings. The third-order valence-electron chi connectivity index (χ3n) is 3.51. The second-order valence-corrected chi connectivity index (χ2v) is 5.17. The molecule has 1 aromatic carbocycles. The molecule has 0 spiro atoms. The summed E-state index contributed by atoms with van der Waals surface area (Å²) < 4.78 is 19.7. The molecule has 2 N–H and O–H groups in total. The van der Waals surface area contributed by atoms with Crippen molar-refractivity contribution in [3.8, 4) is 0 Å². The molecule has 2 atom stereocenters. The zero-order chi connectivity index (χ0) is 13.3. The number of halogens is 1. The van der Waals surface area contributed by atoms with Crippen molar-refractivity contribution in [2.45, 2.75) is 26.0 Å². The highest BCUT2D eigenvalue weighted by molar-refractivity contribution is 5.34. The molecule has 1 fully saturated rings. The Balaban J connectivity index is 2.25. The van der Waals surface area contributed by atoms with Gasteiger partial charge in [0.05, 0.1) is 18.8 Å². The first-order valence-corrected chi connectivity index (χ1v) is 6.31. The molecule has 1 aliphatic heterocycles. The minimum Gasteiger partial charge on any atom is -0.374 e. The minimum atomic E-state index is -0.409. The number of aryl methyl sites for hydroxylation is 2. The number of benzene rings is 1. The van der Waals surface area contributed by atoms with Gasteiger partial charge in [-0.25, -0.2) is 4.39 Å². The van der Waals surface area contributed by atoms with E-state index >= 15 is 0 Å². The molecule has 0 aromatic heterocycles. The highest BCUT2D eigenvalue weighted by atomic mass is 19.1. The van der Waals surface area contributed by atoms with Crippen LogP contribution in [0.5, 0.6) is 0 Å². The van der Waals surface area contributed by atoms with Crippen LogP contribution in [0.4, 0.5) is 4.39 Å². The molecular formula is C14H21FN2O. The normalized spacial score (nSPS) is 23.1. The van der Waals surface area contributed by atoms with Crippen LogP contribution in [0.2, 0.25) is 0 Å². The van der Waals surface area contributed by atoms with Crippen LogP contribution in [0.1, 0.15) is 22.7 Å². The quantitative estimate of drug-likeness (QED) is 0.872.